The summed E-state index contributed by atoms with van der Waals surface area (Å²) in [5.74, 6) is 0.821. The van der Waals surface area contributed by atoms with Crippen molar-refractivity contribution in [2.45, 2.75) is 35.9 Å². The molecule has 1 N–H and O–H groups in total. The van der Waals surface area contributed by atoms with Crippen molar-refractivity contribution in [2.75, 3.05) is 18.6 Å². The van der Waals surface area contributed by atoms with Gasteiger partial charge in [0, 0.05) is 18.6 Å². The van der Waals surface area contributed by atoms with Crippen LogP contribution in [-0.2, 0) is 39.2 Å². The second-order valence-corrected chi connectivity index (χ2v) is 11.5. The Kier molecular flexibility index (Phi) is 8.75. The Labute approximate surface area is 240 Å². The molecule has 208 valence electrons. The Morgan fingerprint density at radius 2 is 1.90 bits per heavy atom. The van der Waals surface area contributed by atoms with Gasteiger partial charge in [0.25, 0.3) is 5.91 Å². The topological polar surface area (TPSA) is 116 Å². The molecule has 2 atom stereocenters. The summed E-state index contributed by atoms with van der Waals surface area (Å²) in [6, 6.07) is 15.9. The van der Waals surface area contributed by atoms with Crippen molar-refractivity contribution in [1.29, 1.82) is 0 Å². The fourth-order valence-electron chi connectivity index (χ4n) is 4.48. The summed E-state index contributed by atoms with van der Waals surface area (Å²) in [7, 11) is 3.34. The van der Waals surface area contributed by atoms with Gasteiger partial charge in [0.15, 0.2) is 0 Å². The molecule has 2 aliphatic heterocycles. The minimum atomic E-state index is -0.693. The second kappa shape index (κ2) is 12.6. The zero-order chi connectivity index (χ0) is 28.1. The molecule has 0 unspecified atom stereocenters. The van der Waals surface area contributed by atoms with Crippen LogP contribution in [0, 0.1) is 0 Å². The number of rotatable bonds is 11. The molecular weight excluding hydrogens is 550 g/mol. The molecule has 5 rings (SSSR count). The van der Waals surface area contributed by atoms with Gasteiger partial charge in [0.2, 0.25) is 5.91 Å². The monoisotopic (exact) mass is 579 g/mol. The average Bonchev–Trinajstić information content (AvgIpc) is 3.39. The van der Waals surface area contributed by atoms with E-state index in [0.717, 1.165) is 21.7 Å². The molecule has 2 aromatic carbocycles. The Morgan fingerprint density at radius 3 is 2.60 bits per heavy atom. The standard InChI is InChI=1S/C28H29N5O5S2/c1-32-29-15-23(31-32)39-13-12-20-17-40-27-24(30-22(34)14-18-6-4-3-5-7-18)26(35)33(27)25(20)28(36)38-16-19-8-10-21(37-2)11-9-19/h3-11,15,24,27H,12-14,16-17H2,1-2H3,(H,30,34)/t24-,27-/m1/s1. The summed E-state index contributed by atoms with van der Waals surface area (Å²) in [5, 5.41) is 11.7. The van der Waals surface area contributed by atoms with Crippen molar-refractivity contribution in [2.24, 2.45) is 7.05 Å². The van der Waals surface area contributed by atoms with E-state index in [4.69, 9.17) is 9.47 Å². The number of hydrogen-bond acceptors (Lipinski definition) is 9. The zero-order valence-electron chi connectivity index (χ0n) is 22.1. The van der Waals surface area contributed by atoms with Gasteiger partial charge >= 0.3 is 5.97 Å². The van der Waals surface area contributed by atoms with Crippen molar-refractivity contribution in [3.05, 3.63) is 83.2 Å². The van der Waals surface area contributed by atoms with E-state index >= 15 is 0 Å². The maximum absolute atomic E-state index is 13.4. The second-order valence-electron chi connectivity index (χ2n) is 9.26. The summed E-state index contributed by atoms with van der Waals surface area (Å²) in [6.45, 7) is 0.0606. The quantitative estimate of drug-likeness (QED) is 0.208. The summed E-state index contributed by atoms with van der Waals surface area (Å²) < 4.78 is 10.9. The number of ether oxygens (including phenoxy) is 2. The first-order chi connectivity index (χ1) is 19.4. The van der Waals surface area contributed by atoms with Crippen LogP contribution in [0.5, 0.6) is 5.75 Å². The Hall–Kier alpha value is -3.77. The summed E-state index contributed by atoms with van der Waals surface area (Å²) in [5.41, 5.74) is 2.78. The van der Waals surface area contributed by atoms with E-state index in [-0.39, 0.29) is 35.9 Å². The molecule has 12 heteroatoms. The van der Waals surface area contributed by atoms with Gasteiger partial charge in [-0.3, -0.25) is 14.5 Å². The van der Waals surface area contributed by atoms with E-state index in [2.05, 4.69) is 15.5 Å². The lowest BCUT2D eigenvalue weighted by molar-refractivity contribution is -0.153. The van der Waals surface area contributed by atoms with Crippen LogP contribution in [0.25, 0.3) is 0 Å². The van der Waals surface area contributed by atoms with Crippen LogP contribution in [-0.4, -0.2) is 67.7 Å². The highest BCUT2D eigenvalue weighted by Gasteiger charge is 2.54. The Morgan fingerprint density at radius 1 is 1.12 bits per heavy atom. The van der Waals surface area contributed by atoms with Crippen LogP contribution >= 0.6 is 23.5 Å². The largest absolute Gasteiger partial charge is 0.497 e. The number of β-lactam (4-membered cyclic amide) rings is 1. The van der Waals surface area contributed by atoms with Gasteiger partial charge in [-0.2, -0.15) is 9.90 Å². The molecule has 40 heavy (non-hydrogen) atoms. The number of esters is 1. The number of amides is 2. The van der Waals surface area contributed by atoms with Gasteiger partial charge in [0.05, 0.1) is 19.7 Å². The van der Waals surface area contributed by atoms with Crippen molar-refractivity contribution < 1.29 is 23.9 Å². The molecule has 1 fully saturated rings. The molecule has 2 amide bonds. The minimum absolute atomic E-state index is 0.0606. The van der Waals surface area contributed by atoms with Crippen LogP contribution in [0.15, 0.2) is 77.1 Å². The molecule has 2 aliphatic rings. The molecule has 1 aromatic heterocycles. The molecule has 0 bridgehead atoms. The van der Waals surface area contributed by atoms with Gasteiger partial charge in [-0.05, 0) is 35.3 Å². The van der Waals surface area contributed by atoms with Crippen LogP contribution in [0.3, 0.4) is 0 Å². The number of nitrogens with one attached hydrogen (secondary N) is 1. The minimum Gasteiger partial charge on any atom is -0.497 e. The van der Waals surface area contributed by atoms with Crippen LogP contribution in [0.4, 0.5) is 0 Å². The number of thioether (sulfide) groups is 2. The van der Waals surface area contributed by atoms with Crippen molar-refractivity contribution in [3.8, 4) is 5.75 Å². The predicted octanol–water partition coefficient (Wildman–Crippen LogP) is 2.95. The first-order valence-electron chi connectivity index (χ1n) is 12.7. The van der Waals surface area contributed by atoms with E-state index < -0.39 is 12.0 Å². The molecule has 0 aliphatic carbocycles. The normalized spacial score (nSPS) is 18.1. The summed E-state index contributed by atoms with van der Waals surface area (Å²) in [4.78, 5) is 42.4. The third kappa shape index (κ3) is 6.34. The molecular formula is C28H29N5O5S2. The van der Waals surface area contributed by atoms with Crippen LogP contribution < -0.4 is 10.1 Å². The summed E-state index contributed by atoms with van der Waals surface area (Å²) >= 11 is 3.07. The van der Waals surface area contributed by atoms with Crippen molar-refractivity contribution in [1.82, 2.24) is 25.2 Å². The van der Waals surface area contributed by atoms with Gasteiger partial charge in [-0.15, -0.1) is 28.6 Å². The number of fused-ring (bicyclic) bond motifs is 1. The lowest BCUT2D eigenvalue weighted by Gasteiger charge is -2.49. The first-order valence-corrected chi connectivity index (χ1v) is 14.8. The van der Waals surface area contributed by atoms with Gasteiger partial charge in [-0.25, -0.2) is 4.79 Å². The molecule has 0 radical (unpaired) electrons. The number of carbonyl (C=O) groups excluding carboxylic acids is 3. The lowest BCUT2D eigenvalue weighted by Crippen LogP contribution is -2.70. The molecule has 3 heterocycles. The van der Waals surface area contributed by atoms with Crippen LogP contribution in [0.2, 0.25) is 0 Å². The van der Waals surface area contributed by atoms with Crippen molar-refractivity contribution in [3.63, 3.8) is 0 Å². The Balaban J connectivity index is 1.28. The van der Waals surface area contributed by atoms with E-state index in [9.17, 15) is 14.4 Å². The van der Waals surface area contributed by atoms with Gasteiger partial charge in [0.1, 0.15) is 34.5 Å². The van der Waals surface area contributed by atoms with E-state index in [1.165, 1.54) is 21.5 Å². The van der Waals surface area contributed by atoms with Crippen molar-refractivity contribution >= 4 is 41.3 Å². The molecule has 1 saturated heterocycles. The van der Waals surface area contributed by atoms with Gasteiger partial charge < -0.3 is 14.8 Å². The number of hydrogen-bond donors (Lipinski definition) is 1. The number of nitrogens with zero attached hydrogens (tertiary/aromatic N) is 4. The third-order valence-electron chi connectivity index (χ3n) is 6.53. The first kappa shape index (κ1) is 27.8. The number of methoxy groups -OCH3 is 1. The van der Waals surface area contributed by atoms with Crippen LogP contribution in [0.1, 0.15) is 17.5 Å². The molecule has 0 saturated carbocycles. The van der Waals surface area contributed by atoms with E-state index in [1.807, 2.05) is 42.5 Å². The van der Waals surface area contributed by atoms with Gasteiger partial charge in [-0.1, -0.05) is 42.5 Å². The average molecular weight is 580 g/mol. The number of carbonyl (C=O) groups is 3. The maximum atomic E-state index is 13.4. The number of benzene rings is 2. The highest BCUT2D eigenvalue weighted by Crippen LogP contribution is 2.42. The Bertz CT molecular complexity index is 1410. The van der Waals surface area contributed by atoms with E-state index in [0.29, 0.717) is 23.7 Å². The zero-order valence-corrected chi connectivity index (χ0v) is 23.7. The molecule has 10 nitrogen and oxygen atoms in total. The summed E-state index contributed by atoms with van der Waals surface area (Å²) in [6.07, 6.45) is 2.44. The highest BCUT2D eigenvalue weighted by atomic mass is 32.2. The number of aromatic nitrogens is 3. The lowest BCUT2D eigenvalue weighted by atomic mass is 10.0. The molecule has 3 aromatic rings. The maximum Gasteiger partial charge on any atom is 0.355 e. The van der Waals surface area contributed by atoms with E-state index in [1.54, 1.807) is 44.2 Å². The predicted molar refractivity (Wildman–Crippen MR) is 151 cm³/mol. The highest BCUT2D eigenvalue weighted by molar-refractivity contribution is 8.00. The smallest absolute Gasteiger partial charge is 0.355 e. The molecule has 0 spiro atoms. The fraction of sp³-hybridized carbons (Fsp3) is 0.321. The fourth-order valence-corrected chi connectivity index (χ4v) is 6.72. The number of aryl methyl sites for hydroxylation is 1. The SMILES string of the molecule is COc1ccc(COC(=O)C2=C(CCSc3cnn(C)n3)CS[C@@H]3[C@H](NC(=O)Cc4ccccc4)C(=O)N23)cc1. The third-order valence-corrected chi connectivity index (χ3v) is 8.76.